The van der Waals surface area contributed by atoms with Crippen LogP contribution in [0.3, 0.4) is 0 Å². The molecule has 0 saturated carbocycles. The summed E-state index contributed by atoms with van der Waals surface area (Å²) >= 11 is 1.91. The highest BCUT2D eigenvalue weighted by atomic mass is 127. The summed E-state index contributed by atoms with van der Waals surface area (Å²) in [5.41, 5.74) is -2.97. The van der Waals surface area contributed by atoms with Crippen LogP contribution in [-0.4, -0.2) is 60.0 Å². The third-order valence-corrected chi connectivity index (χ3v) is 6.55. The zero-order valence-electron chi connectivity index (χ0n) is 20.8. The Morgan fingerprint density at radius 3 is 2.38 bits per heavy atom. The number of likely N-dealkylation sites (tertiary alicyclic amines) is 1. The van der Waals surface area contributed by atoms with Gasteiger partial charge in [0.2, 0.25) is 5.91 Å². The van der Waals surface area contributed by atoms with Gasteiger partial charge in [0.05, 0.1) is 35.6 Å². The highest BCUT2D eigenvalue weighted by Crippen LogP contribution is 2.33. The van der Waals surface area contributed by atoms with Gasteiger partial charge in [-0.05, 0) is 73.7 Å². The Morgan fingerprint density at radius 1 is 1.11 bits per heavy atom. The van der Waals surface area contributed by atoms with Crippen molar-refractivity contribution in [2.75, 3.05) is 31.5 Å². The summed E-state index contributed by atoms with van der Waals surface area (Å²) < 4.78 is 49.3. The molecule has 1 aliphatic rings. The number of amides is 2. The Bertz CT molecular complexity index is 1220. The summed E-state index contributed by atoms with van der Waals surface area (Å²) in [5.74, 6) is -4.74. The van der Waals surface area contributed by atoms with Gasteiger partial charge in [0.15, 0.2) is 17.2 Å². The zero-order chi connectivity index (χ0) is 27.5. The maximum absolute atomic E-state index is 14.8. The quantitative estimate of drug-likeness (QED) is 0.288. The Kier molecular flexibility index (Phi) is 8.73. The monoisotopic (exact) mass is 632 g/mol. The van der Waals surface area contributed by atoms with E-state index < -0.39 is 46.2 Å². The standard InChI is InChI=1S/C25H28F3IN4O4/c1-5-30-23(36)24(3,4)31-11-25(37-14(2)34)12-33(13-25)22(35)16-7-8-17(26)20(28)21(16)32-19-9-6-15(29)10-18(19)27/h6-10,31-32H,5,11-13H2,1-4H3,(H,30,36). The molecule has 0 atom stereocenters. The second kappa shape index (κ2) is 11.3. The van der Waals surface area contributed by atoms with Gasteiger partial charge in [0, 0.05) is 23.6 Å². The molecule has 1 heterocycles. The highest BCUT2D eigenvalue weighted by molar-refractivity contribution is 14.1. The third-order valence-electron chi connectivity index (χ3n) is 5.88. The molecule has 12 heteroatoms. The molecular formula is C25H28F3IN4O4. The Balaban J connectivity index is 1.82. The molecule has 8 nitrogen and oxygen atoms in total. The van der Waals surface area contributed by atoms with Crippen molar-refractivity contribution in [1.82, 2.24) is 15.5 Å². The molecule has 37 heavy (non-hydrogen) atoms. The molecule has 3 N–H and O–H groups in total. The van der Waals surface area contributed by atoms with Crippen molar-refractivity contribution in [3.8, 4) is 0 Å². The molecule has 0 aliphatic carbocycles. The van der Waals surface area contributed by atoms with Gasteiger partial charge in [0.1, 0.15) is 5.82 Å². The molecule has 1 aliphatic heterocycles. The van der Waals surface area contributed by atoms with E-state index in [1.807, 2.05) is 22.6 Å². The van der Waals surface area contributed by atoms with Crippen molar-refractivity contribution in [2.45, 2.75) is 38.8 Å². The van der Waals surface area contributed by atoms with Gasteiger partial charge < -0.3 is 20.3 Å². The second-order valence-corrected chi connectivity index (χ2v) is 10.6. The lowest BCUT2D eigenvalue weighted by Gasteiger charge is -2.49. The number of ether oxygens (including phenoxy) is 1. The Labute approximate surface area is 226 Å². The molecule has 0 unspecified atom stereocenters. The number of hydrogen-bond acceptors (Lipinski definition) is 6. The largest absolute Gasteiger partial charge is 0.454 e. The lowest BCUT2D eigenvalue weighted by atomic mass is 9.90. The number of halogens is 4. The number of nitrogens with zero attached hydrogens (tertiary/aromatic N) is 1. The maximum atomic E-state index is 14.8. The fourth-order valence-electron chi connectivity index (χ4n) is 3.90. The lowest BCUT2D eigenvalue weighted by molar-refractivity contribution is -0.173. The Hall–Kier alpha value is -2.87. The van der Waals surface area contributed by atoms with Crippen LogP contribution in [0.4, 0.5) is 24.5 Å². The van der Waals surface area contributed by atoms with E-state index >= 15 is 0 Å². The average Bonchev–Trinajstić information content (AvgIpc) is 2.79. The minimum Gasteiger partial charge on any atom is -0.454 e. The highest BCUT2D eigenvalue weighted by Gasteiger charge is 2.49. The normalized spacial score (nSPS) is 14.5. The molecular weight excluding hydrogens is 604 g/mol. The van der Waals surface area contributed by atoms with Crippen molar-refractivity contribution in [3.63, 3.8) is 0 Å². The fourth-order valence-corrected chi connectivity index (χ4v) is 4.35. The van der Waals surface area contributed by atoms with E-state index in [1.165, 1.54) is 24.0 Å². The number of carbonyl (C=O) groups excluding carboxylic acids is 3. The van der Waals surface area contributed by atoms with Crippen LogP contribution in [0.5, 0.6) is 0 Å². The van der Waals surface area contributed by atoms with Gasteiger partial charge in [-0.15, -0.1) is 0 Å². The SMILES string of the molecule is CCNC(=O)C(C)(C)NCC1(OC(C)=O)CN(C(=O)c2ccc(F)c(F)c2Nc2ccc(I)cc2F)C1. The van der Waals surface area contributed by atoms with Crippen molar-refractivity contribution < 1.29 is 32.3 Å². The molecule has 200 valence electrons. The first kappa shape index (κ1) is 28.7. The van der Waals surface area contributed by atoms with Gasteiger partial charge in [-0.2, -0.15) is 0 Å². The van der Waals surface area contributed by atoms with Crippen LogP contribution in [0.25, 0.3) is 0 Å². The van der Waals surface area contributed by atoms with Crippen LogP contribution in [0.2, 0.25) is 0 Å². The van der Waals surface area contributed by atoms with E-state index in [4.69, 9.17) is 4.74 Å². The smallest absolute Gasteiger partial charge is 0.303 e. The van der Waals surface area contributed by atoms with Crippen molar-refractivity contribution in [2.24, 2.45) is 0 Å². The van der Waals surface area contributed by atoms with Crippen LogP contribution >= 0.6 is 22.6 Å². The maximum Gasteiger partial charge on any atom is 0.303 e. The van der Waals surface area contributed by atoms with Gasteiger partial charge >= 0.3 is 5.97 Å². The van der Waals surface area contributed by atoms with Gasteiger partial charge in [-0.25, -0.2) is 13.2 Å². The minimum absolute atomic E-state index is 0.0553. The van der Waals surface area contributed by atoms with E-state index in [2.05, 4.69) is 16.0 Å². The van der Waals surface area contributed by atoms with E-state index in [1.54, 1.807) is 26.8 Å². The molecule has 1 saturated heterocycles. The summed E-state index contributed by atoms with van der Waals surface area (Å²) in [6.45, 7) is 6.76. The Morgan fingerprint density at radius 2 is 1.78 bits per heavy atom. The predicted octanol–water partition coefficient (Wildman–Crippen LogP) is 3.71. The van der Waals surface area contributed by atoms with Crippen LogP contribution < -0.4 is 16.0 Å². The van der Waals surface area contributed by atoms with Crippen LogP contribution in [-0.2, 0) is 14.3 Å². The molecule has 0 spiro atoms. The van der Waals surface area contributed by atoms with Crippen LogP contribution in [0.1, 0.15) is 38.1 Å². The first-order valence-electron chi connectivity index (χ1n) is 11.5. The fraction of sp³-hybridized carbons (Fsp3) is 0.400. The number of benzene rings is 2. The molecule has 0 bridgehead atoms. The summed E-state index contributed by atoms with van der Waals surface area (Å²) in [5, 5.41) is 8.29. The van der Waals surface area contributed by atoms with E-state index in [-0.39, 0.29) is 36.8 Å². The van der Waals surface area contributed by atoms with Gasteiger partial charge in [-0.3, -0.25) is 19.7 Å². The number of carbonyl (C=O) groups is 3. The molecule has 0 aromatic heterocycles. The molecule has 2 aromatic carbocycles. The molecule has 3 rings (SSSR count). The molecule has 2 aromatic rings. The molecule has 0 radical (unpaired) electrons. The first-order chi connectivity index (χ1) is 17.3. The van der Waals surface area contributed by atoms with Gasteiger partial charge in [-0.1, -0.05) is 0 Å². The number of rotatable bonds is 9. The predicted molar refractivity (Wildman–Crippen MR) is 140 cm³/mol. The van der Waals surface area contributed by atoms with Gasteiger partial charge in [0.25, 0.3) is 5.91 Å². The number of likely N-dealkylation sites (N-methyl/N-ethyl adjacent to an activating group) is 1. The number of hydrogen-bond donors (Lipinski definition) is 3. The summed E-state index contributed by atoms with van der Waals surface area (Å²) in [4.78, 5) is 38.7. The topological polar surface area (TPSA) is 99.8 Å². The van der Waals surface area contributed by atoms with E-state index in [9.17, 15) is 27.6 Å². The zero-order valence-corrected chi connectivity index (χ0v) is 23.0. The molecule has 2 amide bonds. The number of nitrogens with one attached hydrogen (secondary N) is 3. The number of esters is 1. The summed E-state index contributed by atoms with van der Waals surface area (Å²) in [7, 11) is 0. The van der Waals surface area contributed by atoms with Crippen LogP contribution in [0.15, 0.2) is 30.3 Å². The van der Waals surface area contributed by atoms with Crippen molar-refractivity contribution in [1.29, 1.82) is 0 Å². The third kappa shape index (κ3) is 6.53. The van der Waals surface area contributed by atoms with Crippen molar-refractivity contribution >= 4 is 51.7 Å². The average molecular weight is 632 g/mol. The van der Waals surface area contributed by atoms with E-state index in [0.717, 1.165) is 12.1 Å². The number of anilines is 2. The van der Waals surface area contributed by atoms with Crippen molar-refractivity contribution in [3.05, 3.63) is 56.9 Å². The first-order valence-corrected chi connectivity index (χ1v) is 12.6. The lowest BCUT2D eigenvalue weighted by Crippen LogP contribution is -2.71. The van der Waals surface area contributed by atoms with Crippen LogP contribution in [0, 0.1) is 21.0 Å². The molecule has 1 fully saturated rings. The summed E-state index contributed by atoms with van der Waals surface area (Å²) in [6, 6.07) is 6.05. The minimum atomic E-state index is -1.33. The van der Waals surface area contributed by atoms with E-state index in [0.29, 0.717) is 10.1 Å². The second-order valence-electron chi connectivity index (χ2n) is 9.31. The summed E-state index contributed by atoms with van der Waals surface area (Å²) in [6.07, 6.45) is 0.